The van der Waals surface area contributed by atoms with E-state index in [2.05, 4.69) is 4.74 Å². The van der Waals surface area contributed by atoms with Gasteiger partial charge >= 0.3 is 124 Å². The van der Waals surface area contributed by atoms with E-state index < -0.39 is 72.7 Å². The second-order valence-corrected chi connectivity index (χ2v) is 5.00. The maximum absolute atomic E-state index is 11.7. The number of aliphatic carboxylic acids is 5. The van der Waals surface area contributed by atoms with Crippen molar-refractivity contribution in [3.05, 3.63) is 0 Å². The Bertz CT molecular complexity index is 604. The Morgan fingerprint density at radius 3 is 1.21 bits per heavy atom. The minimum absolute atomic E-state index is 0. The number of carbonyl (C=O) groups is 6. The minimum atomic E-state index is -3.17. The second kappa shape index (κ2) is 14.7. The standard InChI is InChI=1S/C12H14O13.3Na.3H/c13-5(14)1-11(24,9(20)21)4-8(19)25-12(10(22)23,2-6(15)16)3-7(17)18;;;;;;/h24H,1-4H2,(H,13,14)(H,15,16)(H,17,18)(H,20,21)(H,22,23);;;;;;. The van der Waals surface area contributed by atoms with Crippen molar-refractivity contribution in [2.45, 2.75) is 36.9 Å². The van der Waals surface area contributed by atoms with Crippen LogP contribution in [-0.4, -0.2) is 166 Å². The van der Waals surface area contributed by atoms with E-state index in [1.165, 1.54) is 0 Å². The Kier molecular flexibility index (Phi) is 18.5. The summed E-state index contributed by atoms with van der Waals surface area (Å²) in [5, 5.41) is 53.5. The first-order chi connectivity index (χ1) is 11.2. The summed E-state index contributed by atoms with van der Waals surface area (Å²) in [6.45, 7) is 0. The van der Waals surface area contributed by atoms with Crippen molar-refractivity contribution in [3.8, 4) is 0 Å². The van der Waals surface area contributed by atoms with Crippen LogP contribution in [0.2, 0.25) is 0 Å². The zero-order valence-corrected chi connectivity index (χ0v) is 12.4. The van der Waals surface area contributed by atoms with Gasteiger partial charge in [0.05, 0.1) is 25.7 Å². The zero-order chi connectivity index (χ0) is 20.0. The molecule has 0 radical (unpaired) electrons. The normalized spacial score (nSPS) is 11.9. The number of rotatable bonds is 11. The fourth-order valence-corrected chi connectivity index (χ4v) is 1.77. The van der Waals surface area contributed by atoms with Gasteiger partial charge in [-0.25, -0.2) is 9.59 Å². The second-order valence-electron chi connectivity index (χ2n) is 5.00. The molecule has 13 nitrogen and oxygen atoms in total. The topological polar surface area (TPSA) is 233 Å². The monoisotopic (exact) mass is 438 g/mol. The van der Waals surface area contributed by atoms with Crippen molar-refractivity contribution in [2.24, 2.45) is 0 Å². The van der Waals surface area contributed by atoms with Gasteiger partial charge in [0.2, 0.25) is 5.60 Å². The first kappa shape index (κ1) is 35.2. The van der Waals surface area contributed by atoms with Crippen LogP contribution in [0.5, 0.6) is 0 Å². The SMILES string of the molecule is O=C(O)CC(O)(CC(=O)OC(CC(=O)O)(CC(=O)O)C(=O)O)C(=O)O.[NaH].[NaH].[NaH]. The molecule has 28 heavy (non-hydrogen) atoms. The van der Waals surface area contributed by atoms with Gasteiger partial charge in [0.1, 0.15) is 0 Å². The summed E-state index contributed by atoms with van der Waals surface area (Å²) in [5.41, 5.74) is -6.24. The third-order valence-corrected chi connectivity index (χ3v) is 2.85. The molecule has 16 heteroatoms. The summed E-state index contributed by atoms with van der Waals surface area (Å²) >= 11 is 0. The fraction of sp³-hybridized carbons (Fsp3) is 0.500. The van der Waals surface area contributed by atoms with Crippen molar-refractivity contribution in [1.29, 1.82) is 0 Å². The molecule has 1 atom stereocenters. The van der Waals surface area contributed by atoms with E-state index in [1.807, 2.05) is 0 Å². The molecule has 0 aromatic heterocycles. The molecule has 0 heterocycles. The van der Waals surface area contributed by atoms with Crippen molar-refractivity contribution in [3.63, 3.8) is 0 Å². The van der Waals surface area contributed by atoms with Crippen LogP contribution >= 0.6 is 0 Å². The first-order valence-corrected chi connectivity index (χ1v) is 6.30. The molecule has 0 aliphatic heterocycles. The Balaban J connectivity index is -0.000000960. The van der Waals surface area contributed by atoms with E-state index >= 15 is 0 Å². The molecule has 0 aromatic rings. The number of carbonyl (C=O) groups excluding carboxylic acids is 1. The molecule has 0 aliphatic carbocycles. The van der Waals surface area contributed by atoms with Crippen LogP contribution < -0.4 is 0 Å². The molecule has 0 rings (SSSR count). The number of aliphatic hydroxyl groups is 1. The number of hydrogen-bond acceptors (Lipinski definition) is 8. The van der Waals surface area contributed by atoms with E-state index in [4.69, 9.17) is 25.5 Å². The quantitative estimate of drug-likeness (QED) is 0.134. The van der Waals surface area contributed by atoms with Gasteiger partial charge in [-0.3, -0.25) is 19.2 Å². The molecular weight excluding hydrogens is 421 g/mol. The van der Waals surface area contributed by atoms with Crippen LogP contribution in [0.1, 0.15) is 25.7 Å². The molecule has 1 unspecified atom stereocenters. The van der Waals surface area contributed by atoms with Gasteiger partial charge in [-0.1, -0.05) is 0 Å². The van der Waals surface area contributed by atoms with E-state index in [0.29, 0.717) is 0 Å². The van der Waals surface area contributed by atoms with E-state index in [1.54, 1.807) is 0 Å². The van der Waals surface area contributed by atoms with Crippen LogP contribution in [0.25, 0.3) is 0 Å². The summed E-state index contributed by atoms with van der Waals surface area (Å²) in [5.74, 6) is -11.6. The van der Waals surface area contributed by atoms with Gasteiger partial charge in [-0.2, -0.15) is 0 Å². The molecule has 6 N–H and O–H groups in total. The summed E-state index contributed by atoms with van der Waals surface area (Å²) < 4.78 is 4.33. The first-order valence-electron chi connectivity index (χ1n) is 6.30. The molecule has 0 aliphatic rings. The molecule has 0 fully saturated rings. The van der Waals surface area contributed by atoms with Crippen molar-refractivity contribution in [2.75, 3.05) is 0 Å². The molecule has 0 aromatic carbocycles. The van der Waals surface area contributed by atoms with Gasteiger partial charge in [0.25, 0.3) is 0 Å². The van der Waals surface area contributed by atoms with Crippen molar-refractivity contribution < 1.29 is 64.1 Å². The average Bonchev–Trinajstić information content (AvgIpc) is 2.34. The Morgan fingerprint density at radius 1 is 0.607 bits per heavy atom. The number of ether oxygens (including phenoxy) is 1. The molecule has 0 spiro atoms. The van der Waals surface area contributed by atoms with Gasteiger partial charge in [-0.15, -0.1) is 0 Å². The third kappa shape index (κ3) is 11.7. The third-order valence-electron chi connectivity index (χ3n) is 2.85. The van der Waals surface area contributed by atoms with Gasteiger partial charge in [0, 0.05) is 0 Å². The summed E-state index contributed by atoms with van der Waals surface area (Å²) in [6, 6.07) is 0. The molecule has 0 saturated carbocycles. The molecule has 0 amide bonds. The molecule has 146 valence electrons. The van der Waals surface area contributed by atoms with Gasteiger partial charge in [-0.05, 0) is 0 Å². The Hall–Kier alpha value is -0.220. The van der Waals surface area contributed by atoms with Crippen LogP contribution in [0.15, 0.2) is 0 Å². The number of hydrogen-bond donors (Lipinski definition) is 6. The number of esters is 1. The van der Waals surface area contributed by atoms with Crippen molar-refractivity contribution in [1.82, 2.24) is 0 Å². The molecular formula is C12H17Na3O13. The molecule has 0 saturated heterocycles. The number of carboxylic acids is 5. The van der Waals surface area contributed by atoms with E-state index in [0.717, 1.165) is 0 Å². The van der Waals surface area contributed by atoms with Gasteiger partial charge in [0.15, 0.2) is 5.60 Å². The average molecular weight is 438 g/mol. The summed E-state index contributed by atoms with van der Waals surface area (Å²) in [4.78, 5) is 66.0. The predicted molar refractivity (Wildman–Crippen MR) is 91.9 cm³/mol. The summed E-state index contributed by atoms with van der Waals surface area (Å²) in [6.07, 6.45) is -5.94. The zero-order valence-electron chi connectivity index (χ0n) is 12.4. The van der Waals surface area contributed by atoms with Crippen LogP contribution in [0.3, 0.4) is 0 Å². The fourth-order valence-electron chi connectivity index (χ4n) is 1.77. The molecule has 0 bridgehead atoms. The maximum atomic E-state index is 11.7. The van der Waals surface area contributed by atoms with Crippen molar-refractivity contribution >= 4 is 124 Å². The van der Waals surface area contributed by atoms with Crippen LogP contribution in [-0.2, 0) is 33.5 Å². The van der Waals surface area contributed by atoms with Gasteiger partial charge < -0.3 is 35.4 Å². The summed E-state index contributed by atoms with van der Waals surface area (Å²) in [7, 11) is 0. The Labute approximate surface area is 223 Å². The Morgan fingerprint density at radius 2 is 0.964 bits per heavy atom. The van der Waals surface area contributed by atoms with E-state index in [-0.39, 0.29) is 88.7 Å². The predicted octanol–water partition coefficient (Wildman–Crippen LogP) is -3.96. The number of carboxylic acid groups (broad SMARTS) is 5. The van der Waals surface area contributed by atoms with E-state index in [9.17, 15) is 33.9 Å². The van der Waals surface area contributed by atoms with Crippen LogP contribution in [0, 0.1) is 0 Å². The van der Waals surface area contributed by atoms with Crippen LogP contribution in [0.4, 0.5) is 0 Å².